The van der Waals surface area contributed by atoms with Crippen molar-refractivity contribution in [2.45, 2.75) is 344 Å². The number of unbranched alkanes of at least 4 members (excludes halogenated alkanes) is 34. The Morgan fingerprint density at radius 2 is 0.868 bits per heavy atom. The van der Waals surface area contributed by atoms with E-state index in [2.05, 4.69) is 43.5 Å². The summed E-state index contributed by atoms with van der Waals surface area (Å²) in [6.07, 6.45) is 40.4. The molecule has 12 unspecified atom stereocenters. The molecule has 76 heavy (non-hydrogen) atoms. The molecule has 2 fully saturated rings. The summed E-state index contributed by atoms with van der Waals surface area (Å²) in [7, 11) is 0. The zero-order chi connectivity index (χ0) is 55.3. The Morgan fingerprint density at radius 3 is 1.34 bits per heavy atom. The SMILES string of the molecule is CCCCC/C=C\C/C=C\CCCCCCCCCC(=O)NC(COC1OC(CO)C(OC2OC(CO)C(O)C(O)C2O)C(O)C1O)C(O)CCCCCCCCCCCCCCCCCCCCCCCCCCC. The number of hydrogen-bond acceptors (Lipinski definition) is 13. The van der Waals surface area contributed by atoms with Crippen LogP contribution < -0.4 is 5.32 Å². The molecule has 0 aromatic carbocycles. The summed E-state index contributed by atoms with van der Waals surface area (Å²) < 4.78 is 22.9. The third-order valence-corrected chi connectivity index (χ3v) is 15.7. The fourth-order valence-corrected chi connectivity index (χ4v) is 10.6. The molecule has 14 heteroatoms. The Kier molecular flexibility index (Phi) is 44.8. The predicted molar refractivity (Wildman–Crippen MR) is 305 cm³/mol. The lowest BCUT2D eigenvalue weighted by atomic mass is 9.97. The van der Waals surface area contributed by atoms with E-state index in [4.69, 9.17) is 18.9 Å². The van der Waals surface area contributed by atoms with Crippen LogP contribution in [-0.4, -0.2) is 140 Å². The molecule has 14 nitrogen and oxygen atoms in total. The molecule has 448 valence electrons. The first-order valence-corrected chi connectivity index (χ1v) is 31.6. The van der Waals surface area contributed by atoms with Gasteiger partial charge in [-0.2, -0.15) is 0 Å². The number of carbonyl (C=O) groups excluding carboxylic acids is 1. The minimum Gasteiger partial charge on any atom is -0.394 e. The van der Waals surface area contributed by atoms with Gasteiger partial charge in [0.2, 0.25) is 5.91 Å². The van der Waals surface area contributed by atoms with Crippen LogP contribution >= 0.6 is 0 Å². The second-order valence-electron chi connectivity index (χ2n) is 22.5. The van der Waals surface area contributed by atoms with Gasteiger partial charge in [-0.05, 0) is 44.9 Å². The summed E-state index contributed by atoms with van der Waals surface area (Å²) in [5.41, 5.74) is 0. The first kappa shape index (κ1) is 70.6. The maximum atomic E-state index is 13.3. The monoisotopic (exact) mass is 1080 g/mol. The van der Waals surface area contributed by atoms with E-state index < -0.39 is 86.8 Å². The first-order chi connectivity index (χ1) is 37.1. The summed E-state index contributed by atoms with van der Waals surface area (Å²) in [6.45, 7) is 2.86. The van der Waals surface area contributed by atoms with Gasteiger partial charge in [0.15, 0.2) is 12.6 Å². The standard InChI is InChI=1S/C62H117NO13/c1-3-5-7-9-11-13-15-17-19-21-22-23-24-25-26-27-28-30-31-33-35-37-39-41-43-45-51(66)50(63-54(67)46-44-42-40-38-36-34-32-29-20-18-16-14-12-10-8-6-4-2)49-73-61-59(72)57(70)60(53(48-65)75-61)76-62-58(71)56(69)55(68)52(47-64)74-62/h12,14,18,20,50-53,55-62,64-66,68-72H,3-11,13,15-17,19,21-49H2,1-2H3,(H,63,67)/b14-12-,20-18-. The maximum Gasteiger partial charge on any atom is 0.220 e. The second-order valence-corrected chi connectivity index (χ2v) is 22.5. The minimum atomic E-state index is -1.78. The average Bonchev–Trinajstić information content (AvgIpc) is 3.42. The van der Waals surface area contributed by atoms with Gasteiger partial charge in [-0.15, -0.1) is 0 Å². The zero-order valence-corrected chi connectivity index (χ0v) is 48.3. The highest BCUT2D eigenvalue weighted by Crippen LogP contribution is 2.30. The van der Waals surface area contributed by atoms with Crippen LogP contribution in [0.3, 0.4) is 0 Å². The molecule has 0 bridgehead atoms. The Balaban J connectivity index is 1.71. The van der Waals surface area contributed by atoms with Crippen LogP contribution in [0, 0.1) is 0 Å². The zero-order valence-electron chi connectivity index (χ0n) is 48.3. The van der Waals surface area contributed by atoms with Gasteiger partial charge in [0.05, 0.1) is 32.0 Å². The summed E-state index contributed by atoms with van der Waals surface area (Å²) in [6, 6.07) is -0.832. The molecule has 2 heterocycles. The molecule has 0 aromatic heterocycles. The molecule has 9 N–H and O–H groups in total. The van der Waals surface area contributed by atoms with E-state index in [1.54, 1.807) is 0 Å². The fourth-order valence-electron chi connectivity index (χ4n) is 10.6. The van der Waals surface area contributed by atoms with E-state index in [0.717, 1.165) is 57.8 Å². The van der Waals surface area contributed by atoms with Crippen molar-refractivity contribution in [2.75, 3.05) is 19.8 Å². The van der Waals surface area contributed by atoms with E-state index >= 15 is 0 Å². The number of rotatable bonds is 51. The van der Waals surface area contributed by atoms with Crippen LogP contribution in [0.1, 0.15) is 271 Å². The van der Waals surface area contributed by atoms with Gasteiger partial charge in [0, 0.05) is 6.42 Å². The van der Waals surface area contributed by atoms with E-state index in [9.17, 15) is 45.6 Å². The van der Waals surface area contributed by atoms with Crippen molar-refractivity contribution in [1.82, 2.24) is 5.32 Å². The van der Waals surface area contributed by atoms with Crippen molar-refractivity contribution in [2.24, 2.45) is 0 Å². The number of amides is 1. The molecule has 1 amide bonds. The Bertz CT molecular complexity index is 1370. The Labute approximate surface area is 462 Å². The van der Waals surface area contributed by atoms with Crippen molar-refractivity contribution in [3.05, 3.63) is 24.3 Å². The molecular formula is C62H117NO13. The summed E-state index contributed by atoms with van der Waals surface area (Å²) in [4.78, 5) is 13.3. The molecule has 0 aliphatic carbocycles. The number of carbonyl (C=O) groups is 1. The van der Waals surface area contributed by atoms with Crippen LogP contribution in [0.25, 0.3) is 0 Å². The highest BCUT2D eigenvalue weighted by Gasteiger charge is 2.51. The molecular weight excluding hydrogens is 967 g/mol. The van der Waals surface area contributed by atoms with Crippen molar-refractivity contribution < 1.29 is 64.6 Å². The molecule has 0 spiro atoms. The molecule has 2 rings (SSSR count). The van der Waals surface area contributed by atoms with E-state index in [0.29, 0.717) is 19.3 Å². The highest BCUT2D eigenvalue weighted by molar-refractivity contribution is 5.76. The van der Waals surface area contributed by atoms with Crippen molar-refractivity contribution >= 4 is 5.91 Å². The maximum absolute atomic E-state index is 13.3. The molecule has 12 atom stereocenters. The lowest BCUT2D eigenvalue weighted by Crippen LogP contribution is -2.65. The molecule has 2 saturated heterocycles. The lowest BCUT2D eigenvalue weighted by Gasteiger charge is -2.46. The van der Waals surface area contributed by atoms with Crippen molar-refractivity contribution in [3.63, 3.8) is 0 Å². The van der Waals surface area contributed by atoms with E-state index in [1.807, 2.05) is 0 Å². The fraction of sp³-hybridized carbons (Fsp3) is 0.919. The van der Waals surface area contributed by atoms with Crippen LogP contribution in [0.2, 0.25) is 0 Å². The lowest BCUT2D eigenvalue weighted by molar-refractivity contribution is -0.359. The largest absolute Gasteiger partial charge is 0.394 e. The third kappa shape index (κ3) is 33.3. The highest BCUT2D eigenvalue weighted by atomic mass is 16.7. The van der Waals surface area contributed by atoms with E-state index in [-0.39, 0.29) is 12.5 Å². The minimum absolute atomic E-state index is 0.212. The molecule has 0 saturated carbocycles. The summed E-state index contributed by atoms with van der Waals surface area (Å²) in [5.74, 6) is -0.212. The third-order valence-electron chi connectivity index (χ3n) is 15.7. The number of hydrogen-bond donors (Lipinski definition) is 9. The predicted octanol–water partition coefficient (Wildman–Crippen LogP) is 11.2. The molecule has 0 radical (unpaired) electrons. The van der Waals surface area contributed by atoms with Gasteiger partial charge in [0.25, 0.3) is 0 Å². The summed E-state index contributed by atoms with van der Waals surface area (Å²) in [5, 5.41) is 87.4. The van der Waals surface area contributed by atoms with Gasteiger partial charge in [-0.1, -0.05) is 244 Å². The van der Waals surface area contributed by atoms with Gasteiger partial charge >= 0.3 is 0 Å². The number of aliphatic hydroxyl groups is 8. The normalized spacial score (nSPS) is 25.0. The number of nitrogens with one attached hydrogen (secondary N) is 1. The quantitative estimate of drug-likeness (QED) is 0.0204. The van der Waals surface area contributed by atoms with Crippen LogP contribution in [0.15, 0.2) is 24.3 Å². The first-order valence-electron chi connectivity index (χ1n) is 31.6. The smallest absolute Gasteiger partial charge is 0.220 e. The van der Waals surface area contributed by atoms with Crippen LogP contribution in [0.4, 0.5) is 0 Å². The van der Waals surface area contributed by atoms with Gasteiger partial charge in [-0.25, -0.2) is 0 Å². The number of aliphatic hydroxyl groups excluding tert-OH is 8. The molecule has 2 aliphatic heterocycles. The molecule has 2 aliphatic rings. The summed E-state index contributed by atoms with van der Waals surface area (Å²) >= 11 is 0. The van der Waals surface area contributed by atoms with Crippen molar-refractivity contribution in [3.8, 4) is 0 Å². The van der Waals surface area contributed by atoms with Gasteiger partial charge in [-0.3, -0.25) is 4.79 Å². The Hall–Kier alpha value is -1.53. The number of allylic oxidation sites excluding steroid dienone is 4. The van der Waals surface area contributed by atoms with Gasteiger partial charge in [0.1, 0.15) is 48.8 Å². The van der Waals surface area contributed by atoms with Crippen molar-refractivity contribution in [1.29, 1.82) is 0 Å². The Morgan fingerprint density at radius 1 is 0.474 bits per heavy atom. The van der Waals surface area contributed by atoms with E-state index in [1.165, 1.54) is 180 Å². The topological polar surface area (TPSA) is 228 Å². The second kappa shape index (κ2) is 48.2. The molecule has 0 aromatic rings. The van der Waals surface area contributed by atoms with Gasteiger partial charge < -0.3 is 65.1 Å². The average molecular weight is 1080 g/mol. The van der Waals surface area contributed by atoms with Crippen LogP contribution in [0.5, 0.6) is 0 Å². The van der Waals surface area contributed by atoms with Crippen LogP contribution in [-0.2, 0) is 23.7 Å². The number of ether oxygens (including phenoxy) is 4.